The number of allylic oxidation sites excluding steroid dienone is 4. The summed E-state index contributed by atoms with van der Waals surface area (Å²) in [5.41, 5.74) is 15.1. The monoisotopic (exact) mass is 428 g/mol. The fourth-order valence-electron chi connectivity index (χ4n) is 4.43. The van der Waals surface area contributed by atoms with E-state index in [9.17, 15) is 0 Å². The number of hydrogen-bond donors (Lipinski definition) is 1. The van der Waals surface area contributed by atoms with E-state index in [1.54, 1.807) is 0 Å². The minimum absolute atomic E-state index is 0.560. The second kappa shape index (κ2) is 9.22. The van der Waals surface area contributed by atoms with Crippen LogP contribution in [0.5, 0.6) is 0 Å². The Morgan fingerprint density at radius 1 is 0.667 bits per heavy atom. The van der Waals surface area contributed by atoms with Crippen LogP contribution in [0.15, 0.2) is 121 Å². The van der Waals surface area contributed by atoms with Gasteiger partial charge < -0.3 is 10.6 Å². The molecule has 0 heterocycles. The van der Waals surface area contributed by atoms with Crippen molar-refractivity contribution in [3.05, 3.63) is 127 Å². The van der Waals surface area contributed by atoms with Crippen LogP contribution in [0.2, 0.25) is 0 Å². The summed E-state index contributed by atoms with van der Waals surface area (Å²) in [4.78, 5) is 2.30. The predicted octanol–water partition coefficient (Wildman–Crippen LogP) is 8.39. The van der Waals surface area contributed by atoms with Gasteiger partial charge in [0, 0.05) is 22.7 Å². The SMILES string of the molecule is CC1C=CC=C(c2cccc(N(c3ccc(N)cc3)c3cccc(-c4ccccc4)c3)c2)C1. The molecule has 0 amide bonds. The molecule has 0 saturated heterocycles. The van der Waals surface area contributed by atoms with E-state index < -0.39 is 0 Å². The van der Waals surface area contributed by atoms with Crippen LogP contribution >= 0.6 is 0 Å². The first kappa shape index (κ1) is 20.8. The summed E-state index contributed by atoms with van der Waals surface area (Å²) in [7, 11) is 0. The molecule has 2 N–H and O–H groups in total. The third-order valence-electron chi connectivity index (χ3n) is 6.12. The van der Waals surface area contributed by atoms with Crippen molar-refractivity contribution in [1.82, 2.24) is 0 Å². The number of hydrogen-bond acceptors (Lipinski definition) is 2. The van der Waals surface area contributed by atoms with Gasteiger partial charge in [0.05, 0.1) is 0 Å². The number of benzene rings is 4. The molecule has 1 aliphatic carbocycles. The average Bonchev–Trinajstić information content (AvgIpc) is 2.86. The first-order valence-electron chi connectivity index (χ1n) is 11.5. The molecule has 0 fully saturated rings. The Kier molecular flexibility index (Phi) is 5.82. The van der Waals surface area contributed by atoms with Crippen LogP contribution in [0.25, 0.3) is 16.7 Å². The molecule has 0 aromatic heterocycles. The maximum absolute atomic E-state index is 6.01. The molecule has 1 aliphatic rings. The van der Waals surface area contributed by atoms with Gasteiger partial charge in [-0.3, -0.25) is 0 Å². The fraction of sp³-hybridized carbons (Fsp3) is 0.0968. The minimum atomic E-state index is 0.560. The Morgan fingerprint density at radius 3 is 2.00 bits per heavy atom. The summed E-state index contributed by atoms with van der Waals surface area (Å²) in [6.07, 6.45) is 7.74. The van der Waals surface area contributed by atoms with E-state index in [1.165, 1.54) is 22.3 Å². The maximum Gasteiger partial charge on any atom is 0.0467 e. The fourth-order valence-corrected chi connectivity index (χ4v) is 4.43. The second-order valence-electron chi connectivity index (χ2n) is 8.65. The Morgan fingerprint density at radius 2 is 1.30 bits per heavy atom. The first-order valence-corrected chi connectivity index (χ1v) is 11.5. The third kappa shape index (κ3) is 4.61. The first-order chi connectivity index (χ1) is 16.2. The highest BCUT2D eigenvalue weighted by molar-refractivity contribution is 5.82. The summed E-state index contributed by atoms with van der Waals surface area (Å²) >= 11 is 0. The molecular weight excluding hydrogens is 400 g/mol. The predicted molar refractivity (Wildman–Crippen MR) is 142 cm³/mol. The summed E-state index contributed by atoms with van der Waals surface area (Å²) in [5, 5.41) is 0. The van der Waals surface area contributed by atoms with Crippen LogP contribution in [0.1, 0.15) is 18.9 Å². The topological polar surface area (TPSA) is 29.3 Å². The zero-order chi connectivity index (χ0) is 22.6. The van der Waals surface area contributed by atoms with Gasteiger partial charge in [0.1, 0.15) is 0 Å². The van der Waals surface area contributed by atoms with Crippen molar-refractivity contribution in [3.63, 3.8) is 0 Å². The Bertz CT molecular complexity index is 1300. The molecule has 2 nitrogen and oxygen atoms in total. The number of nitrogen functional groups attached to an aromatic ring is 1. The van der Waals surface area contributed by atoms with E-state index in [0.717, 1.165) is 29.2 Å². The second-order valence-corrected chi connectivity index (χ2v) is 8.65. The molecule has 0 aliphatic heterocycles. The van der Waals surface area contributed by atoms with Crippen molar-refractivity contribution in [2.24, 2.45) is 5.92 Å². The minimum Gasteiger partial charge on any atom is -0.399 e. The maximum atomic E-state index is 6.01. The van der Waals surface area contributed by atoms with Crippen LogP contribution < -0.4 is 10.6 Å². The van der Waals surface area contributed by atoms with Crippen molar-refractivity contribution in [1.29, 1.82) is 0 Å². The zero-order valence-corrected chi connectivity index (χ0v) is 18.9. The average molecular weight is 429 g/mol. The number of nitrogens with zero attached hydrogens (tertiary/aromatic N) is 1. The standard InChI is InChI=1S/C31H28N2/c1-23-8-5-11-25(20-23)27-13-7-15-31(22-27)33(29-18-16-28(32)17-19-29)30-14-6-12-26(21-30)24-9-3-2-4-10-24/h2-19,21-23H,20,32H2,1H3. The van der Waals surface area contributed by atoms with Crippen molar-refractivity contribution in [3.8, 4) is 11.1 Å². The Labute approximate surface area is 196 Å². The van der Waals surface area contributed by atoms with Gasteiger partial charge >= 0.3 is 0 Å². The van der Waals surface area contributed by atoms with E-state index in [2.05, 4.69) is 121 Å². The molecule has 5 rings (SSSR count). The van der Waals surface area contributed by atoms with E-state index in [4.69, 9.17) is 5.73 Å². The van der Waals surface area contributed by atoms with Crippen molar-refractivity contribution < 1.29 is 0 Å². The molecule has 1 unspecified atom stereocenters. The van der Waals surface area contributed by atoms with Gasteiger partial charge in [0.2, 0.25) is 0 Å². The van der Waals surface area contributed by atoms with E-state index in [-0.39, 0.29) is 0 Å². The molecule has 33 heavy (non-hydrogen) atoms. The van der Waals surface area contributed by atoms with Gasteiger partial charge in [0.15, 0.2) is 0 Å². The molecule has 0 saturated carbocycles. The van der Waals surface area contributed by atoms with Crippen LogP contribution in [-0.2, 0) is 0 Å². The highest BCUT2D eigenvalue weighted by atomic mass is 15.1. The van der Waals surface area contributed by atoms with E-state index >= 15 is 0 Å². The van der Waals surface area contributed by atoms with Crippen LogP contribution in [0, 0.1) is 5.92 Å². The smallest absolute Gasteiger partial charge is 0.0467 e. The molecule has 0 bridgehead atoms. The van der Waals surface area contributed by atoms with Crippen molar-refractivity contribution >= 4 is 28.3 Å². The molecule has 1 atom stereocenters. The zero-order valence-electron chi connectivity index (χ0n) is 18.9. The number of nitrogens with two attached hydrogens (primary N) is 1. The highest BCUT2D eigenvalue weighted by Gasteiger charge is 2.16. The van der Waals surface area contributed by atoms with Crippen molar-refractivity contribution in [2.75, 3.05) is 10.6 Å². The lowest BCUT2D eigenvalue weighted by Crippen LogP contribution is -2.10. The molecule has 0 radical (unpaired) electrons. The van der Waals surface area contributed by atoms with Gasteiger partial charge in [-0.15, -0.1) is 0 Å². The molecule has 162 valence electrons. The van der Waals surface area contributed by atoms with Gasteiger partial charge in [-0.2, -0.15) is 0 Å². The molecule has 2 heteroatoms. The van der Waals surface area contributed by atoms with E-state index in [1.807, 2.05) is 12.1 Å². The van der Waals surface area contributed by atoms with Crippen molar-refractivity contribution in [2.45, 2.75) is 13.3 Å². The molecule has 0 spiro atoms. The summed E-state index contributed by atoms with van der Waals surface area (Å²) < 4.78 is 0. The normalized spacial score (nSPS) is 15.2. The Balaban J connectivity index is 1.61. The Hall–Kier alpha value is -4.04. The summed E-state index contributed by atoms with van der Waals surface area (Å²) in [6.45, 7) is 2.27. The lowest BCUT2D eigenvalue weighted by molar-refractivity contribution is 0.749. The lowest BCUT2D eigenvalue weighted by Gasteiger charge is -2.27. The van der Waals surface area contributed by atoms with Crippen LogP contribution in [0.3, 0.4) is 0 Å². The van der Waals surface area contributed by atoms with Crippen LogP contribution in [-0.4, -0.2) is 0 Å². The molecule has 4 aromatic rings. The molecular formula is C31H28N2. The largest absolute Gasteiger partial charge is 0.399 e. The van der Waals surface area contributed by atoms with E-state index in [0.29, 0.717) is 5.92 Å². The summed E-state index contributed by atoms with van der Waals surface area (Å²) in [5.74, 6) is 0.560. The number of rotatable bonds is 5. The third-order valence-corrected chi connectivity index (χ3v) is 6.12. The number of anilines is 4. The van der Waals surface area contributed by atoms with Crippen LogP contribution in [0.4, 0.5) is 22.7 Å². The molecule has 4 aromatic carbocycles. The highest BCUT2D eigenvalue weighted by Crippen LogP contribution is 2.38. The van der Waals surface area contributed by atoms with Gasteiger partial charge in [0.25, 0.3) is 0 Å². The quantitative estimate of drug-likeness (QED) is 0.323. The summed E-state index contributed by atoms with van der Waals surface area (Å²) in [6, 6.07) is 36.2. The van der Waals surface area contributed by atoms with Gasteiger partial charge in [-0.25, -0.2) is 0 Å². The lowest BCUT2D eigenvalue weighted by atomic mass is 9.91. The van der Waals surface area contributed by atoms with Gasteiger partial charge in [-0.1, -0.05) is 79.7 Å². The van der Waals surface area contributed by atoms with Gasteiger partial charge in [-0.05, 0) is 83.1 Å².